The summed E-state index contributed by atoms with van der Waals surface area (Å²) in [6.07, 6.45) is 3.29. The zero-order valence-corrected chi connectivity index (χ0v) is 7.62. The van der Waals surface area contributed by atoms with E-state index < -0.39 is 0 Å². The second-order valence-electron chi connectivity index (χ2n) is 2.65. The van der Waals surface area contributed by atoms with Crippen LogP contribution in [-0.2, 0) is 6.42 Å². The molecule has 0 bridgehead atoms. The van der Waals surface area contributed by atoms with Crippen molar-refractivity contribution in [2.24, 2.45) is 0 Å². The largest absolute Gasteiger partial charge is 0.496 e. The Balaban J connectivity index is 3.17. The summed E-state index contributed by atoms with van der Waals surface area (Å²) in [7, 11) is 1.56. The van der Waals surface area contributed by atoms with Crippen LogP contribution in [0.1, 0.15) is 15.9 Å². The summed E-state index contributed by atoms with van der Waals surface area (Å²) in [6, 6.07) is 5.50. The lowest BCUT2D eigenvalue weighted by atomic mass is 10.1. The molecule has 0 heterocycles. The van der Waals surface area contributed by atoms with Gasteiger partial charge in [-0.25, -0.2) is 0 Å². The van der Waals surface area contributed by atoms with Crippen molar-refractivity contribution in [2.45, 2.75) is 6.42 Å². The summed E-state index contributed by atoms with van der Waals surface area (Å²) < 4.78 is 5.14. The van der Waals surface area contributed by atoms with E-state index >= 15 is 0 Å². The third-order valence-corrected chi connectivity index (χ3v) is 1.82. The number of rotatable bonds is 4. The maximum atomic E-state index is 10.6. The van der Waals surface area contributed by atoms with E-state index in [1.54, 1.807) is 19.3 Å². The van der Waals surface area contributed by atoms with E-state index in [0.29, 0.717) is 17.7 Å². The maximum absolute atomic E-state index is 10.6. The molecule has 13 heavy (non-hydrogen) atoms. The average molecular weight is 176 g/mol. The molecule has 2 heteroatoms. The molecule has 0 unspecified atom stereocenters. The van der Waals surface area contributed by atoms with Crippen molar-refractivity contribution in [3.8, 4) is 5.75 Å². The number of aldehydes is 1. The average Bonchev–Trinajstić information content (AvgIpc) is 2.18. The van der Waals surface area contributed by atoms with Crippen LogP contribution in [0.5, 0.6) is 5.75 Å². The third-order valence-electron chi connectivity index (χ3n) is 1.82. The standard InChI is InChI=1S/C11H12O2/c1-3-5-9-6-4-7-10(8-12)11(9)13-2/h3-4,6-8H,1,5H2,2H3. The summed E-state index contributed by atoms with van der Waals surface area (Å²) in [5, 5.41) is 0. The maximum Gasteiger partial charge on any atom is 0.153 e. The number of carbonyl (C=O) groups excluding carboxylic acids is 1. The molecule has 68 valence electrons. The molecular weight excluding hydrogens is 164 g/mol. The van der Waals surface area contributed by atoms with Gasteiger partial charge in [-0.1, -0.05) is 18.2 Å². The number of ether oxygens (including phenoxy) is 1. The number of methoxy groups -OCH3 is 1. The molecule has 0 spiro atoms. The lowest BCUT2D eigenvalue weighted by Gasteiger charge is -2.08. The fraction of sp³-hybridized carbons (Fsp3) is 0.182. The van der Waals surface area contributed by atoms with Crippen molar-refractivity contribution in [2.75, 3.05) is 7.11 Å². The highest BCUT2D eigenvalue weighted by Crippen LogP contribution is 2.22. The van der Waals surface area contributed by atoms with Gasteiger partial charge in [0, 0.05) is 0 Å². The van der Waals surface area contributed by atoms with Gasteiger partial charge in [0.25, 0.3) is 0 Å². The molecule has 0 aliphatic rings. The molecule has 1 aromatic carbocycles. The number of hydrogen-bond acceptors (Lipinski definition) is 2. The fourth-order valence-electron chi connectivity index (χ4n) is 1.26. The Morgan fingerprint density at radius 2 is 2.31 bits per heavy atom. The van der Waals surface area contributed by atoms with Gasteiger partial charge in [0.1, 0.15) is 5.75 Å². The van der Waals surface area contributed by atoms with E-state index in [2.05, 4.69) is 6.58 Å². The molecule has 0 atom stereocenters. The first kappa shape index (κ1) is 9.52. The molecule has 0 fully saturated rings. The van der Waals surface area contributed by atoms with Gasteiger partial charge in [0.15, 0.2) is 6.29 Å². The Hall–Kier alpha value is -1.57. The summed E-state index contributed by atoms with van der Waals surface area (Å²) in [6.45, 7) is 3.64. The molecule has 2 nitrogen and oxygen atoms in total. The van der Waals surface area contributed by atoms with Gasteiger partial charge in [-0.2, -0.15) is 0 Å². The van der Waals surface area contributed by atoms with Crippen LogP contribution in [0.2, 0.25) is 0 Å². The molecule has 1 aromatic rings. The van der Waals surface area contributed by atoms with Gasteiger partial charge in [-0.15, -0.1) is 6.58 Å². The molecule has 0 radical (unpaired) electrons. The van der Waals surface area contributed by atoms with Crippen molar-refractivity contribution in [1.82, 2.24) is 0 Å². The van der Waals surface area contributed by atoms with E-state index in [0.717, 1.165) is 11.8 Å². The zero-order valence-electron chi connectivity index (χ0n) is 7.62. The van der Waals surface area contributed by atoms with E-state index in [1.165, 1.54) is 0 Å². The first-order chi connectivity index (χ1) is 6.33. The Kier molecular flexibility index (Phi) is 3.26. The predicted octanol–water partition coefficient (Wildman–Crippen LogP) is 2.24. The zero-order chi connectivity index (χ0) is 9.68. The lowest BCUT2D eigenvalue weighted by molar-refractivity contribution is 0.112. The molecule has 0 amide bonds. The Bertz CT molecular complexity index is 316. The van der Waals surface area contributed by atoms with Gasteiger partial charge < -0.3 is 4.74 Å². The van der Waals surface area contributed by atoms with Gasteiger partial charge >= 0.3 is 0 Å². The van der Waals surface area contributed by atoms with Crippen molar-refractivity contribution in [1.29, 1.82) is 0 Å². The number of benzene rings is 1. The SMILES string of the molecule is C=CCc1cccc(C=O)c1OC. The van der Waals surface area contributed by atoms with E-state index in [-0.39, 0.29) is 0 Å². The molecule has 0 saturated carbocycles. The molecule has 0 N–H and O–H groups in total. The van der Waals surface area contributed by atoms with E-state index in [9.17, 15) is 4.79 Å². The van der Waals surface area contributed by atoms with Gasteiger partial charge in [-0.05, 0) is 18.1 Å². The summed E-state index contributed by atoms with van der Waals surface area (Å²) in [4.78, 5) is 10.6. The minimum absolute atomic E-state index is 0.585. The number of carbonyl (C=O) groups is 1. The first-order valence-electron chi connectivity index (χ1n) is 4.05. The molecule has 0 aliphatic heterocycles. The highest BCUT2D eigenvalue weighted by molar-refractivity contribution is 5.80. The Labute approximate surface area is 77.8 Å². The van der Waals surface area contributed by atoms with Crippen molar-refractivity contribution in [3.63, 3.8) is 0 Å². The van der Waals surface area contributed by atoms with Crippen LogP contribution in [0.15, 0.2) is 30.9 Å². The summed E-state index contributed by atoms with van der Waals surface area (Å²) in [5.41, 5.74) is 1.57. The van der Waals surface area contributed by atoms with Crippen LogP contribution < -0.4 is 4.74 Å². The minimum atomic E-state index is 0.585. The van der Waals surface area contributed by atoms with Crippen LogP contribution in [0, 0.1) is 0 Å². The number of hydrogen-bond donors (Lipinski definition) is 0. The van der Waals surface area contributed by atoms with Crippen LogP contribution >= 0.6 is 0 Å². The van der Waals surface area contributed by atoms with Crippen molar-refractivity contribution < 1.29 is 9.53 Å². The van der Waals surface area contributed by atoms with Crippen LogP contribution in [-0.4, -0.2) is 13.4 Å². The highest BCUT2D eigenvalue weighted by atomic mass is 16.5. The molecule has 1 rings (SSSR count). The Morgan fingerprint density at radius 1 is 1.54 bits per heavy atom. The topological polar surface area (TPSA) is 26.3 Å². The predicted molar refractivity (Wildman–Crippen MR) is 52.3 cm³/mol. The summed E-state index contributed by atoms with van der Waals surface area (Å²) >= 11 is 0. The quantitative estimate of drug-likeness (QED) is 0.519. The molecule has 0 aromatic heterocycles. The highest BCUT2D eigenvalue weighted by Gasteiger charge is 2.05. The van der Waals surface area contributed by atoms with E-state index in [4.69, 9.17) is 4.74 Å². The lowest BCUT2D eigenvalue weighted by Crippen LogP contribution is -1.95. The minimum Gasteiger partial charge on any atom is -0.496 e. The molecule has 0 saturated heterocycles. The van der Waals surface area contributed by atoms with Crippen molar-refractivity contribution in [3.05, 3.63) is 42.0 Å². The van der Waals surface area contributed by atoms with Crippen LogP contribution in [0.3, 0.4) is 0 Å². The van der Waals surface area contributed by atoms with Crippen LogP contribution in [0.4, 0.5) is 0 Å². The normalized spacial score (nSPS) is 9.31. The van der Waals surface area contributed by atoms with Gasteiger partial charge in [0.05, 0.1) is 12.7 Å². The second-order valence-corrected chi connectivity index (χ2v) is 2.65. The third kappa shape index (κ3) is 1.96. The van der Waals surface area contributed by atoms with Crippen molar-refractivity contribution >= 4 is 6.29 Å². The molecular formula is C11H12O2. The number of para-hydroxylation sites is 1. The van der Waals surface area contributed by atoms with Gasteiger partial charge in [-0.3, -0.25) is 4.79 Å². The fourth-order valence-corrected chi connectivity index (χ4v) is 1.26. The molecule has 0 aliphatic carbocycles. The van der Waals surface area contributed by atoms with Crippen LogP contribution in [0.25, 0.3) is 0 Å². The second kappa shape index (κ2) is 4.45. The van der Waals surface area contributed by atoms with E-state index in [1.807, 2.05) is 12.1 Å². The smallest absolute Gasteiger partial charge is 0.153 e. The summed E-state index contributed by atoms with van der Waals surface area (Å²) in [5.74, 6) is 0.650. The van der Waals surface area contributed by atoms with Gasteiger partial charge in [0.2, 0.25) is 0 Å². The monoisotopic (exact) mass is 176 g/mol. The number of allylic oxidation sites excluding steroid dienone is 1. The first-order valence-corrected chi connectivity index (χ1v) is 4.05. The Morgan fingerprint density at radius 3 is 2.85 bits per heavy atom.